The lowest BCUT2D eigenvalue weighted by atomic mass is 10.2. The van der Waals surface area contributed by atoms with Crippen molar-refractivity contribution in [3.05, 3.63) is 157 Å². The van der Waals surface area contributed by atoms with Gasteiger partial charge in [0.05, 0.1) is 0 Å². The zero-order valence-electron chi connectivity index (χ0n) is 19.1. The molecular weight excluding hydrogens is 431 g/mol. The van der Waals surface area contributed by atoms with Crippen LogP contribution in [0.1, 0.15) is 11.1 Å². The highest BCUT2D eigenvalue weighted by molar-refractivity contribution is 7.95. The molecule has 0 amide bonds. The van der Waals surface area contributed by atoms with Crippen molar-refractivity contribution in [2.75, 3.05) is 0 Å². The molecule has 0 saturated heterocycles. The Morgan fingerprint density at radius 3 is 1.35 bits per heavy atom. The van der Waals surface area contributed by atoms with Crippen molar-refractivity contribution in [3.8, 4) is 5.75 Å². The van der Waals surface area contributed by atoms with Crippen molar-refractivity contribution in [2.45, 2.75) is 12.8 Å². The minimum Gasteiger partial charge on any atom is -0.488 e. The highest BCUT2D eigenvalue weighted by atomic mass is 31.2. The Hall–Kier alpha value is -3.67. The summed E-state index contributed by atoms with van der Waals surface area (Å²) in [6, 6.07) is 51.9. The molecule has 0 radical (unpaired) electrons. The van der Waals surface area contributed by atoms with Crippen LogP contribution >= 0.6 is 7.26 Å². The van der Waals surface area contributed by atoms with Gasteiger partial charge in [0, 0.05) is 5.56 Å². The summed E-state index contributed by atoms with van der Waals surface area (Å²) >= 11 is 0. The van der Waals surface area contributed by atoms with Gasteiger partial charge in [-0.1, -0.05) is 103 Å². The van der Waals surface area contributed by atoms with Crippen molar-refractivity contribution >= 4 is 23.2 Å². The fourth-order valence-electron chi connectivity index (χ4n) is 4.53. The van der Waals surface area contributed by atoms with E-state index in [0.29, 0.717) is 6.61 Å². The van der Waals surface area contributed by atoms with Crippen LogP contribution in [0.5, 0.6) is 5.75 Å². The second-order valence-electron chi connectivity index (χ2n) is 8.36. The van der Waals surface area contributed by atoms with E-state index >= 15 is 0 Å². The van der Waals surface area contributed by atoms with Crippen LogP contribution in [-0.2, 0) is 12.8 Å². The van der Waals surface area contributed by atoms with Crippen molar-refractivity contribution < 1.29 is 4.74 Å². The highest BCUT2D eigenvalue weighted by Crippen LogP contribution is 2.58. The van der Waals surface area contributed by atoms with Gasteiger partial charge < -0.3 is 4.74 Å². The molecule has 34 heavy (non-hydrogen) atoms. The van der Waals surface area contributed by atoms with E-state index in [9.17, 15) is 0 Å². The first kappa shape index (κ1) is 22.1. The fourth-order valence-corrected chi connectivity index (χ4v) is 8.79. The summed E-state index contributed by atoms with van der Waals surface area (Å²) in [7, 11) is -1.98. The average Bonchev–Trinajstić information content (AvgIpc) is 2.93. The molecule has 5 aromatic rings. The van der Waals surface area contributed by atoms with Crippen LogP contribution in [-0.4, -0.2) is 0 Å². The molecule has 0 aromatic heterocycles. The molecule has 0 heterocycles. The van der Waals surface area contributed by atoms with Crippen molar-refractivity contribution in [3.63, 3.8) is 0 Å². The number of rotatable bonds is 8. The zero-order chi connectivity index (χ0) is 23.1. The van der Waals surface area contributed by atoms with Gasteiger partial charge in [0.2, 0.25) is 0 Å². The molecule has 0 aliphatic rings. The van der Waals surface area contributed by atoms with Crippen molar-refractivity contribution in [2.24, 2.45) is 0 Å². The average molecular weight is 460 g/mol. The van der Waals surface area contributed by atoms with Crippen molar-refractivity contribution in [1.82, 2.24) is 0 Å². The second kappa shape index (κ2) is 10.5. The third-order valence-corrected chi connectivity index (χ3v) is 10.6. The van der Waals surface area contributed by atoms with Crippen LogP contribution in [0.2, 0.25) is 0 Å². The smallest absolute Gasteiger partial charge is 0.126 e. The number of ether oxygens (including phenoxy) is 1. The normalized spacial score (nSPS) is 11.2. The first-order valence-electron chi connectivity index (χ1n) is 11.7. The van der Waals surface area contributed by atoms with E-state index in [1.807, 2.05) is 6.07 Å². The maximum atomic E-state index is 6.39. The van der Waals surface area contributed by atoms with Crippen molar-refractivity contribution in [1.29, 1.82) is 0 Å². The molecule has 0 unspecified atom stereocenters. The molecule has 5 rings (SSSR count). The topological polar surface area (TPSA) is 9.23 Å². The third-order valence-electron chi connectivity index (χ3n) is 6.21. The Kier molecular flexibility index (Phi) is 6.84. The Morgan fingerprint density at radius 2 is 0.853 bits per heavy atom. The van der Waals surface area contributed by atoms with E-state index in [0.717, 1.165) is 11.9 Å². The van der Waals surface area contributed by atoms with Crippen LogP contribution in [0, 0.1) is 0 Å². The molecule has 0 aliphatic carbocycles. The lowest BCUT2D eigenvalue weighted by Gasteiger charge is -2.28. The summed E-state index contributed by atoms with van der Waals surface area (Å²) in [5, 5.41) is 4.14. The number of para-hydroxylation sites is 1. The Balaban J connectivity index is 1.63. The molecule has 0 spiro atoms. The maximum Gasteiger partial charge on any atom is 0.126 e. The molecule has 0 bridgehead atoms. The Bertz CT molecular complexity index is 1210. The van der Waals surface area contributed by atoms with E-state index in [1.165, 1.54) is 27.0 Å². The molecule has 0 N–H and O–H groups in total. The van der Waals surface area contributed by atoms with E-state index < -0.39 is 7.26 Å². The first-order chi connectivity index (χ1) is 16.9. The number of hydrogen-bond acceptors (Lipinski definition) is 1. The molecule has 2 heteroatoms. The summed E-state index contributed by atoms with van der Waals surface area (Å²) in [6.45, 7) is 0.561. The van der Waals surface area contributed by atoms with Crippen LogP contribution < -0.4 is 20.7 Å². The Morgan fingerprint density at radius 1 is 0.441 bits per heavy atom. The van der Waals surface area contributed by atoms with Gasteiger partial charge in [-0.2, -0.15) is 0 Å². The van der Waals surface area contributed by atoms with Gasteiger partial charge in [-0.25, -0.2) is 0 Å². The predicted molar refractivity (Wildman–Crippen MR) is 146 cm³/mol. The number of hydrogen-bond donors (Lipinski definition) is 0. The van der Waals surface area contributed by atoms with Gasteiger partial charge in [-0.05, 0) is 48.0 Å². The van der Waals surface area contributed by atoms with Gasteiger partial charge in [0.25, 0.3) is 0 Å². The molecule has 0 saturated carbocycles. The standard InChI is InChI=1S/C32H28OP/c1-5-15-27(16-6-1)25-33-32-24-14-13-17-28(32)26-34(29-18-7-2-8-19-29,30-20-9-3-10-21-30)31-22-11-4-12-23-31/h1-24H,25-26H2/q+1. The summed E-state index contributed by atoms with van der Waals surface area (Å²) < 4.78 is 6.39. The largest absolute Gasteiger partial charge is 0.488 e. The molecule has 166 valence electrons. The number of benzene rings is 5. The molecule has 0 atom stereocenters. The predicted octanol–water partition coefficient (Wildman–Crippen LogP) is 6.76. The van der Waals surface area contributed by atoms with Crippen LogP contribution in [0.4, 0.5) is 0 Å². The minimum absolute atomic E-state index is 0.561. The summed E-state index contributed by atoms with van der Waals surface area (Å²) in [4.78, 5) is 0. The van der Waals surface area contributed by atoms with E-state index in [2.05, 4.69) is 140 Å². The molecule has 5 aromatic carbocycles. The van der Waals surface area contributed by atoms with E-state index in [4.69, 9.17) is 4.74 Å². The first-order valence-corrected chi connectivity index (χ1v) is 13.6. The molecule has 0 fully saturated rings. The molecular formula is C32H28OP+. The van der Waals surface area contributed by atoms with Gasteiger partial charge >= 0.3 is 0 Å². The highest BCUT2D eigenvalue weighted by Gasteiger charge is 2.45. The quantitative estimate of drug-likeness (QED) is 0.233. The second-order valence-corrected chi connectivity index (χ2v) is 11.8. The maximum absolute atomic E-state index is 6.39. The molecule has 0 aliphatic heterocycles. The van der Waals surface area contributed by atoms with Crippen LogP contribution in [0.15, 0.2) is 146 Å². The van der Waals surface area contributed by atoms with Crippen LogP contribution in [0.25, 0.3) is 0 Å². The van der Waals surface area contributed by atoms with E-state index in [-0.39, 0.29) is 0 Å². The van der Waals surface area contributed by atoms with Gasteiger partial charge in [-0.3, -0.25) is 0 Å². The minimum atomic E-state index is -1.98. The zero-order valence-corrected chi connectivity index (χ0v) is 20.0. The Labute approximate surface area is 203 Å². The monoisotopic (exact) mass is 459 g/mol. The van der Waals surface area contributed by atoms with Crippen LogP contribution in [0.3, 0.4) is 0 Å². The molecule has 1 nitrogen and oxygen atoms in total. The summed E-state index contributed by atoms with van der Waals surface area (Å²) in [5.41, 5.74) is 2.41. The lowest BCUT2D eigenvalue weighted by Crippen LogP contribution is -2.32. The van der Waals surface area contributed by atoms with Gasteiger partial charge in [-0.15, -0.1) is 0 Å². The van der Waals surface area contributed by atoms with Gasteiger partial charge in [0.15, 0.2) is 0 Å². The fraction of sp³-hybridized carbons (Fsp3) is 0.0625. The summed E-state index contributed by atoms with van der Waals surface area (Å²) in [5.74, 6) is 0.957. The van der Waals surface area contributed by atoms with E-state index in [1.54, 1.807) is 0 Å². The summed E-state index contributed by atoms with van der Waals surface area (Å²) in [6.07, 6.45) is 0.899. The third kappa shape index (κ3) is 4.67. The SMILES string of the molecule is c1ccc(COc2ccccc2C[P+](c2ccccc2)(c2ccccc2)c2ccccc2)cc1. The lowest BCUT2D eigenvalue weighted by molar-refractivity contribution is 0.304. The van der Waals surface area contributed by atoms with Gasteiger partial charge in [0.1, 0.15) is 41.7 Å².